The maximum absolute atomic E-state index is 11.8. The summed E-state index contributed by atoms with van der Waals surface area (Å²) in [5.74, 6) is 0. The molecule has 112 valence electrons. The highest BCUT2D eigenvalue weighted by Crippen LogP contribution is 2.15. The van der Waals surface area contributed by atoms with Gasteiger partial charge in [0.1, 0.15) is 0 Å². The van der Waals surface area contributed by atoms with Crippen LogP contribution in [0.4, 0.5) is 10.5 Å². The molecular formula is C13H24N6O. The van der Waals surface area contributed by atoms with Crippen LogP contribution in [0.2, 0.25) is 0 Å². The van der Waals surface area contributed by atoms with Crippen LogP contribution >= 0.6 is 0 Å². The molecule has 1 aliphatic heterocycles. The van der Waals surface area contributed by atoms with Crippen molar-refractivity contribution in [2.24, 2.45) is 0 Å². The van der Waals surface area contributed by atoms with Gasteiger partial charge in [0, 0.05) is 44.5 Å². The molecule has 2 amide bonds. The van der Waals surface area contributed by atoms with Crippen molar-refractivity contribution in [2.75, 3.05) is 45.1 Å². The van der Waals surface area contributed by atoms with Gasteiger partial charge in [0.2, 0.25) is 0 Å². The van der Waals surface area contributed by atoms with E-state index in [1.807, 2.05) is 0 Å². The largest absolute Gasteiger partial charge is 0.336 e. The molecule has 1 aliphatic rings. The van der Waals surface area contributed by atoms with Gasteiger partial charge >= 0.3 is 6.03 Å². The zero-order valence-electron chi connectivity index (χ0n) is 12.4. The number of carbonyl (C=O) groups excluding carboxylic acids is 1. The summed E-state index contributed by atoms with van der Waals surface area (Å²) in [7, 11) is 2.14. The van der Waals surface area contributed by atoms with Crippen LogP contribution in [0, 0.1) is 0 Å². The molecule has 0 aliphatic carbocycles. The molecule has 0 aromatic carbocycles. The molecule has 3 N–H and O–H groups in total. The Balaban J connectivity index is 1.78. The van der Waals surface area contributed by atoms with Crippen molar-refractivity contribution in [2.45, 2.75) is 19.4 Å². The molecule has 1 saturated heterocycles. The topological polar surface area (TPSA) is 76.3 Å². The van der Waals surface area contributed by atoms with Gasteiger partial charge in [-0.05, 0) is 20.9 Å². The number of hydrogen-bond acceptors (Lipinski definition) is 4. The first kappa shape index (κ1) is 14.8. The zero-order chi connectivity index (χ0) is 14.6. The van der Waals surface area contributed by atoms with Gasteiger partial charge in [0.05, 0.1) is 11.9 Å². The van der Waals surface area contributed by atoms with E-state index in [9.17, 15) is 4.79 Å². The SMILES string of the molecule is CN1CCN(C(C)(C)CNC(=O)Nc2cn[nH]c2)CC1. The Hall–Kier alpha value is -1.60. The van der Waals surface area contributed by atoms with Crippen LogP contribution in [0.3, 0.4) is 0 Å². The molecule has 1 aromatic heterocycles. The molecule has 7 heteroatoms. The van der Waals surface area contributed by atoms with E-state index < -0.39 is 0 Å². The lowest BCUT2D eigenvalue weighted by Gasteiger charge is -2.43. The number of likely N-dealkylation sites (N-methyl/N-ethyl adjacent to an activating group) is 1. The van der Waals surface area contributed by atoms with Gasteiger partial charge in [-0.1, -0.05) is 0 Å². The van der Waals surface area contributed by atoms with Gasteiger partial charge in [-0.15, -0.1) is 0 Å². The first-order valence-corrected chi connectivity index (χ1v) is 6.94. The average molecular weight is 280 g/mol. The van der Waals surface area contributed by atoms with Crippen molar-refractivity contribution in [1.82, 2.24) is 25.3 Å². The lowest BCUT2D eigenvalue weighted by molar-refractivity contribution is 0.0636. The minimum Gasteiger partial charge on any atom is -0.336 e. The Morgan fingerprint density at radius 3 is 2.70 bits per heavy atom. The highest BCUT2D eigenvalue weighted by atomic mass is 16.2. The van der Waals surface area contributed by atoms with Crippen molar-refractivity contribution in [3.05, 3.63) is 12.4 Å². The lowest BCUT2D eigenvalue weighted by Crippen LogP contribution is -2.58. The van der Waals surface area contributed by atoms with Crippen LogP contribution in [0.1, 0.15) is 13.8 Å². The normalized spacial score (nSPS) is 17.9. The van der Waals surface area contributed by atoms with Crippen LogP contribution in [-0.4, -0.2) is 71.3 Å². The molecule has 0 atom stereocenters. The Kier molecular flexibility index (Phi) is 4.61. The molecule has 2 rings (SSSR count). The Morgan fingerprint density at radius 2 is 2.10 bits per heavy atom. The third-order valence-corrected chi connectivity index (χ3v) is 3.80. The highest BCUT2D eigenvalue weighted by Gasteiger charge is 2.29. The van der Waals surface area contributed by atoms with Gasteiger partial charge in [0.25, 0.3) is 0 Å². The Labute approximate surface area is 119 Å². The third kappa shape index (κ3) is 3.94. The van der Waals surface area contributed by atoms with Gasteiger partial charge < -0.3 is 15.5 Å². The van der Waals surface area contributed by atoms with E-state index >= 15 is 0 Å². The van der Waals surface area contributed by atoms with E-state index in [4.69, 9.17) is 0 Å². The summed E-state index contributed by atoms with van der Waals surface area (Å²) in [4.78, 5) is 16.5. The molecule has 2 heterocycles. The maximum atomic E-state index is 11.8. The standard InChI is InChI=1S/C13H24N6O/c1-13(2,19-6-4-18(3)5-7-19)10-14-12(20)17-11-8-15-16-9-11/h8-9H,4-7,10H2,1-3H3,(H,15,16)(H2,14,17,20). The first-order chi connectivity index (χ1) is 9.47. The number of amides is 2. The Morgan fingerprint density at radius 1 is 1.40 bits per heavy atom. The van der Waals surface area contributed by atoms with E-state index in [0.29, 0.717) is 12.2 Å². The number of carbonyl (C=O) groups is 1. The lowest BCUT2D eigenvalue weighted by atomic mass is 10.0. The van der Waals surface area contributed by atoms with Gasteiger partial charge in [-0.2, -0.15) is 5.10 Å². The number of piperazine rings is 1. The van der Waals surface area contributed by atoms with Crippen molar-refractivity contribution in [3.63, 3.8) is 0 Å². The van der Waals surface area contributed by atoms with E-state index in [2.05, 4.69) is 51.5 Å². The number of H-pyrrole nitrogens is 1. The van der Waals surface area contributed by atoms with Crippen LogP contribution in [0.25, 0.3) is 0 Å². The molecule has 0 saturated carbocycles. The number of aromatic amines is 1. The predicted molar refractivity (Wildman–Crippen MR) is 78.8 cm³/mol. The predicted octanol–water partition coefficient (Wildman–Crippen LogP) is 0.557. The highest BCUT2D eigenvalue weighted by molar-refractivity contribution is 5.88. The van der Waals surface area contributed by atoms with Crippen molar-refractivity contribution in [1.29, 1.82) is 0 Å². The zero-order valence-corrected chi connectivity index (χ0v) is 12.4. The molecule has 0 unspecified atom stereocenters. The Bertz CT molecular complexity index is 422. The van der Waals surface area contributed by atoms with Crippen LogP contribution in [0.15, 0.2) is 12.4 Å². The second-order valence-corrected chi connectivity index (χ2v) is 5.90. The smallest absolute Gasteiger partial charge is 0.319 e. The summed E-state index contributed by atoms with van der Waals surface area (Å²) in [5.41, 5.74) is 0.620. The minimum absolute atomic E-state index is 0.0466. The molecule has 0 radical (unpaired) electrons. The number of urea groups is 1. The van der Waals surface area contributed by atoms with E-state index in [1.54, 1.807) is 12.4 Å². The van der Waals surface area contributed by atoms with E-state index in [1.165, 1.54) is 0 Å². The van der Waals surface area contributed by atoms with Gasteiger partial charge in [-0.25, -0.2) is 4.79 Å². The number of hydrogen-bond donors (Lipinski definition) is 3. The van der Waals surface area contributed by atoms with E-state index in [-0.39, 0.29) is 11.6 Å². The van der Waals surface area contributed by atoms with Crippen LogP contribution < -0.4 is 10.6 Å². The van der Waals surface area contributed by atoms with Gasteiger partial charge in [0.15, 0.2) is 0 Å². The van der Waals surface area contributed by atoms with Crippen molar-refractivity contribution in [3.8, 4) is 0 Å². The average Bonchev–Trinajstić information content (AvgIpc) is 2.90. The number of nitrogens with zero attached hydrogens (tertiary/aromatic N) is 3. The summed E-state index contributed by atoms with van der Waals surface area (Å²) in [6.45, 7) is 9.16. The number of aromatic nitrogens is 2. The van der Waals surface area contributed by atoms with Crippen LogP contribution in [0.5, 0.6) is 0 Å². The minimum atomic E-state index is -0.200. The second-order valence-electron chi connectivity index (χ2n) is 5.90. The molecule has 1 aromatic rings. The summed E-state index contributed by atoms with van der Waals surface area (Å²) in [5, 5.41) is 12.1. The molecular weight excluding hydrogens is 256 g/mol. The molecule has 0 bridgehead atoms. The third-order valence-electron chi connectivity index (χ3n) is 3.80. The first-order valence-electron chi connectivity index (χ1n) is 6.94. The fourth-order valence-electron chi connectivity index (χ4n) is 2.31. The fraction of sp³-hybridized carbons (Fsp3) is 0.692. The summed E-state index contributed by atoms with van der Waals surface area (Å²) < 4.78 is 0. The number of anilines is 1. The summed E-state index contributed by atoms with van der Waals surface area (Å²) >= 11 is 0. The summed E-state index contributed by atoms with van der Waals surface area (Å²) in [6.07, 6.45) is 3.22. The monoisotopic (exact) mass is 280 g/mol. The van der Waals surface area contributed by atoms with E-state index in [0.717, 1.165) is 26.2 Å². The fourth-order valence-corrected chi connectivity index (χ4v) is 2.31. The maximum Gasteiger partial charge on any atom is 0.319 e. The summed E-state index contributed by atoms with van der Waals surface area (Å²) in [6, 6.07) is -0.200. The number of nitrogens with one attached hydrogen (secondary N) is 3. The molecule has 1 fully saturated rings. The molecule has 0 spiro atoms. The van der Waals surface area contributed by atoms with Crippen LogP contribution in [-0.2, 0) is 0 Å². The number of rotatable bonds is 4. The second kappa shape index (κ2) is 6.23. The van der Waals surface area contributed by atoms with Gasteiger partial charge in [-0.3, -0.25) is 10.00 Å². The van der Waals surface area contributed by atoms with Crippen molar-refractivity contribution < 1.29 is 4.79 Å². The molecule has 7 nitrogen and oxygen atoms in total. The molecule has 20 heavy (non-hydrogen) atoms. The quantitative estimate of drug-likeness (QED) is 0.753. The van der Waals surface area contributed by atoms with Crippen molar-refractivity contribution >= 4 is 11.7 Å².